The van der Waals surface area contributed by atoms with Crippen molar-refractivity contribution in [1.82, 2.24) is 15.2 Å². The van der Waals surface area contributed by atoms with E-state index in [9.17, 15) is 9.59 Å². The number of H-pyrrole nitrogens is 2. The highest BCUT2D eigenvalue weighted by Crippen LogP contribution is 2.12. The summed E-state index contributed by atoms with van der Waals surface area (Å²) in [5.41, 5.74) is 0.237. The van der Waals surface area contributed by atoms with Crippen LogP contribution in [-0.2, 0) is 0 Å². The molecule has 0 fully saturated rings. The summed E-state index contributed by atoms with van der Waals surface area (Å²) < 4.78 is 0. The minimum absolute atomic E-state index is 0.00338. The fourth-order valence-corrected chi connectivity index (χ4v) is 1.30. The summed E-state index contributed by atoms with van der Waals surface area (Å²) in [6.07, 6.45) is 0. The van der Waals surface area contributed by atoms with Gasteiger partial charge in [-0.1, -0.05) is 18.2 Å². The molecule has 1 heterocycles. The van der Waals surface area contributed by atoms with E-state index < -0.39 is 5.69 Å². The first kappa shape index (κ1) is 10.2. The Hall–Kier alpha value is -2.37. The largest absolute Gasteiger partial charge is 0.341 e. The summed E-state index contributed by atoms with van der Waals surface area (Å²) >= 11 is 0. The molecule has 0 aliphatic heterocycles. The fourth-order valence-electron chi connectivity index (χ4n) is 1.30. The molecule has 0 spiro atoms. The van der Waals surface area contributed by atoms with Crippen molar-refractivity contribution in [3.05, 3.63) is 46.6 Å². The van der Waals surface area contributed by atoms with E-state index in [1.165, 1.54) is 4.90 Å². The predicted octanol–water partition coefficient (Wildman–Crippen LogP) is 0.375. The molecular weight excluding hydrogens is 208 g/mol. The molecule has 0 bridgehead atoms. The minimum atomic E-state index is -0.496. The Morgan fingerprint density at radius 3 is 2.56 bits per heavy atom. The van der Waals surface area contributed by atoms with Gasteiger partial charge in [0.15, 0.2) is 0 Å². The van der Waals surface area contributed by atoms with Crippen LogP contribution in [-0.4, -0.2) is 28.1 Å². The van der Waals surface area contributed by atoms with Crippen LogP contribution in [0.1, 0.15) is 10.6 Å². The maximum Gasteiger partial charge on any atom is 0.341 e. The van der Waals surface area contributed by atoms with Crippen molar-refractivity contribution in [3.8, 4) is 0 Å². The van der Waals surface area contributed by atoms with E-state index in [1.54, 1.807) is 19.2 Å². The standard InChI is InChI=1S/C10H10N4O2/c1-14(7-5-3-2-4-6-7)9(15)8-11-10(16)13-12-8/h2-6H,1H3,(H2,11,12,13,16). The van der Waals surface area contributed by atoms with Crippen molar-refractivity contribution >= 4 is 11.6 Å². The number of hydrogen-bond donors (Lipinski definition) is 2. The number of aromatic nitrogens is 3. The molecule has 0 aliphatic carbocycles. The molecule has 2 N–H and O–H groups in total. The Morgan fingerprint density at radius 2 is 2.00 bits per heavy atom. The van der Waals surface area contributed by atoms with Gasteiger partial charge in [-0.2, -0.15) is 0 Å². The number of amides is 1. The van der Waals surface area contributed by atoms with Gasteiger partial charge in [-0.15, -0.1) is 5.10 Å². The average Bonchev–Trinajstić information content (AvgIpc) is 2.75. The second kappa shape index (κ2) is 4.01. The third kappa shape index (κ3) is 1.85. The highest BCUT2D eigenvalue weighted by Gasteiger charge is 2.16. The molecule has 1 amide bonds. The molecular formula is C10H10N4O2. The van der Waals surface area contributed by atoms with Crippen molar-refractivity contribution in [1.29, 1.82) is 0 Å². The van der Waals surface area contributed by atoms with Gasteiger partial charge in [0.2, 0.25) is 5.82 Å². The van der Waals surface area contributed by atoms with Gasteiger partial charge in [-0.25, -0.2) is 9.89 Å². The molecule has 0 saturated heterocycles. The average molecular weight is 218 g/mol. The molecule has 1 aromatic carbocycles. The van der Waals surface area contributed by atoms with Crippen LogP contribution >= 0.6 is 0 Å². The lowest BCUT2D eigenvalue weighted by Crippen LogP contribution is -2.27. The Morgan fingerprint density at radius 1 is 1.31 bits per heavy atom. The Labute approximate surface area is 90.9 Å². The molecule has 1 aromatic heterocycles. The van der Waals surface area contributed by atoms with E-state index in [0.29, 0.717) is 0 Å². The molecule has 6 heteroatoms. The number of anilines is 1. The highest BCUT2D eigenvalue weighted by atomic mass is 16.2. The third-order valence-electron chi connectivity index (χ3n) is 2.15. The van der Waals surface area contributed by atoms with E-state index in [-0.39, 0.29) is 11.7 Å². The van der Waals surface area contributed by atoms with Crippen LogP contribution in [0.15, 0.2) is 35.1 Å². The van der Waals surface area contributed by atoms with Gasteiger partial charge >= 0.3 is 5.69 Å². The lowest BCUT2D eigenvalue weighted by Gasteiger charge is -2.14. The van der Waals surface area contributed by atoms with Crippen LogP contribution in [0.4, 0.5) is 5.69 Å². The van der Waals surface area contributed by atoms with Gasteiger partial charge < -0.3 is 4.90 Å². The number of rotatable bonds is 2. The summed E-state index contributed by atoms with van der Waals surface area (Å²) in [6, 6.07) is 9.10. The molecule has 0 saturated carbocycles. The van der Waals surface area contributed by atoms with Crippen LogP contribution in [0.5, 0.6) is 0 Å². The summed E-state index contributed by atoms with van der Waals surface area (Å²) in [5, 5.41) is 5.73. The monoisotopic (exact) mass is 218 g/mol. The number of nitrogens with one attached hydrogen (secondary N) is 2. The molecule has 2 rings (SSSR count). The van der Waals surface area contributed by atoms with Crippen LogP contribution in [0.2, 0.25) is 0 Å². The van der Waals surface area contributed by atoms with E-state index in [4.69, 9.17) is 0 Å². The van der Waals surface area contributed by atoms with Crippen molar-refractivity contribution < 1.29 is 4.79 Å². The smallest absolute Gasteiger partial charge is 0.309 e. The first-order chi connectivity index (χ1) is 7.68. The maximum atomic E-state index is 11.8. The maximum absolute atomic E-state index is 11.8. The molecule has 6 nitrogen and oxygen atoms in total. The zero-order chi connectivity index (χ0) is 11.5. The number of carbonyl (C=O) groups excluding carboxylic acids is 1. The van der Waals surface area contributed by atoms with Crippen molar-refractivity contribution in [2.45, 2.75) is 0 Å². The van der Waals surface area contributed by atoms with E-state index in [2.05, 4.69) is 15.2 Å². The van der Waals surface area contributed by atoms with E-state index >= 15 is 0 Å². The van der Waals surface area contributed by atoms with Crippen molar-refractivity contribution in [3.63, 3.8) is 0 Å². The third-order valence-corrected chi connectivity index (χ3v) is 2.15. The SMILES string of the molecule is CN(C(=O)c1n[nH]c(=O)[nH]1)c1ccccc1. The van der Waals surface area contributed by atoms with E-state index in [0.717, 1.165) is 5.69 Å². The molecule has 82 valence electrons. The number of carbonyl (C=O) groups is 1. The number of hydrogen-bond acceptors (Lipinski definition) is 3. The van der Waals surface area contributed by atoms with Gasteiger partial charge in [0.05, 0.1) is 0 Å². The summed E-state index contributed by atoms with van der Waals surface area (Å²) in [5.74, 6) is -0.374. The fraction of sp³-hybridized carbons (Fsp3) is 0.100. The summed E-state index contributed by atoms with van der Waals surface area (Å²) in [7, 11) is 1.62. The molecule has 0 unspecified atom stereocenters. The first-order valence-electron chi connectivity index (χ1n) is 4.66. The summed E-state index contributed by atoms with van der Waals surface area (Å²) in [4.78, 5) is 26.4. The van der Waals surface area contributed by atoms with Crippen LogP contribution in [0.3, 0.4) is 0 Å². The minimum Gasteiger partial charge on any atom is -0.309 e. The van der Waals surface area contributed by atoms with Crippen LogP contribution < -0.4 is 10.6 Å². The van der Waals surface area contributed by atoms with Crippen molar-refractivity contribution in [2.24, 2.45) is 0 Å². The second-order valence-electron chi connectivity index (χ2n) is 3.23. The normalized spacial score (nSPS) is 10.1. The Kier molecular flexibility index (Phi) is 2.55. The lowest BCUT2D eigenvalue weighted by molar-refractivity contribution is 0.0983. The van der Waals surface area contributed by atoms with Gasteiger partial charge in [0.25, 0.3) is 5.91 Å². The van der Waals surface area contributed by atoms with Crippen molar-refractivity contribution in [2.75, 3.05) is 11.9 Å². The van der Waals surface area contributed by atoms with Gasteiger partial charge in [0, 0.05) is 12.7 Å². The molecule has 0 aliphatic rings. The highest BCUT2D eigenvalue weighted by molar-refractivity contribution is 6.02. The zero-order valence-corrected chi connectivity index (χ0v) is 8.60. The molecule has 2 aromatic rings. The summed E-state index contributed by atoms with van der Waals surface area (Å²) in [6.45, 7) is 0. The predicted molar refractivity (Wildman–Crippen MR) is 58.4 cm³/mol. The number of para-hydroxylation sites is 1. The molecule has 0 radical (unpaired) electrons. The first-order valence-corrected chi connectivity index (χ1v) is 4.66. The number of benzene rings is 1. The Balaban J connectivity index is 2.26. The molecule has 0 atom stereocenters. The quantitative estimate of drug-likeness (QED) is 0.764. The van der Waals surface area contributed by atoms with Gasteiger partial charge in [-0.05, 0) is 12.1 Å². The zero-order valence-electron chi connectivity index (χ0n) is 8.60. The second-order valence-corrected chi connectivity index (χ2v) is 3.23. The molecule has 16 heavy (non-hydrogen) atoms. The Bertz CT molecular complexity index is 543. The number of nitrogens with zero attached hydrogens (tertiary/aromatic N) is 2. The lowest BCUT2D eigenvalue weighted by atomic mass is 10.3. The van der Waals surface area contributed by atoms with Crippen LogP contribution in [0, 0.1) is 0 Å². The topological polar surface area (TPSA) is 81.8 Å². The van der Waals surface area contributed by atoms with Gasteiger partial charge in [-0.3, -0.25) is 9.78 Å². The van der Waals surface area contributed by atoms with E-state index in [1.807, 2.05) is 18.2 Å². The number of aromatic amines is 2. The van der Waals surface area contributed by atoms with Crippen LogP contribution in [0.25, 0.3) is 0 Å². The van der Waals surface area contributed by atoms with Gasteiger partial charge in [0.1, 0.15) is 0 Å².